The molecule has 0 unspecified atom stereocenters. The maximum Gasteiger partial charge on any atom is 0.305 e. The lowest BCUT2D eigenvalue weighted by Crippen LogP contribution is -2.44. The zero-order valence-electron chi connectivity index (χ0n) is 12.7. The molecule has 0 spiro atoms. The van der Waals surface area contributed by atoms with Gasteiger partial charge in [-0.25, -0.2) is 4.52 Å². The van der Waals surface area contributed by atoms with E-state index in [-0.39, 0.29) is 24.9 Å². The molecule has 0 aliphatic carbocycles. The summed E-state index contributed by atoms with van der Waals surface area (Å²) in [5.74, 6) is -1.07. The van der Waals surface area contributed by atoms with Crippen LogP contribution in [-0.4, -0.2) is 57.3 Å². The highest BCUT2D eigenvalue weighted by molar-refractivity contribution is 6.00. The Labute approximate surface area is 133 Å². The number of nitrogens with zero attached hydrogens (tertiary/aromatic N) is 3. The Morgan fingerprint density at radius 3 is 2.87 bits per heavy atom. The lowest BCUT2D eigenvalue weighted by Gasteiger charge is -2.34. The molecule has 2 aromatic rings. The summed E-state index contributed by atoms with van der Waals surface area (Å²) >= 11 is 0. The molecule has 7 nitrogen and oxygen atoms in total. The van der Waals surface area contributed by atoms with Crippen molar-refractivity contribution in [2.24, 2.45) is 0 Å². The number of carbonyl (C=O) groups is 2. The van der Waals surface area contributed by atoms with Crippen molar-refractivity contribution in [3.8, 4) is 0 Å². The van der Waals surface area contributed by atoms with Crippen molar-refractivity contribution >= 4 is 17.4 Å². The van der Waals surface area contributed by atoms with Crippen LogP contribution in [0.1, 0.15) is 29.6 Å². The number of hydrogen-bond acceptors (Lipinski definition) is 4. The average molecular weight is 317 g/mol. The predicted octanol–water partition coefficient (Wildman–Crippen LogP) is 1.43. The number of pyridine rings is 1. The van der Waals surface area contributed by atoms with Gasteiger partial charge in [0.15, 0.2) is 0 Å². The van der Waals surface area contributed by atoms with Gasteiger partial charge in [-0.05, 0) is 25.0 Å². The second-order valence-corrected chi connectivity index (χ2v) is 5.57. The molecular weight excluding hydrogens is 298 g/mol. The van der Waals surface area contributed by atoms with E-state index >= 15 is 0 Å². The number of aromatic nitrogens is 2. The quantitative estimate of drug-likeness (QED) is 0.902. The van der Waals surface area contributed by atoms with Crippen LogP contribution in [0, 0.1) is 0 Å². The molecule has 122 valence electrons. The molecule has 1 N–H and O–H groups in total. The largest absolute Gasteiger partial charge is 0.481 e. The Balaban J connectivity index is 1.87. The molecule has 0 saturated carbocycles. The first-order valence-corrected chi connectivity index (χ1v) is 7.69. The number of carboxylic acid groups (broad SMARTS) is 1. The molecular formula is C16H19N3O4. The highest BCUT2D eigenvalue weighted by Gasteiger charge is 2.28. The summed E-state index contributed by atoms with van der Waals surface area (Å²) in [6.45, 7) is 1.38. The van der Waals surface area contributed by atoms with E-state index in [9.17, 15) is 9.59 Å². The van der Waals surface area contributed by atoms with Crippen LogP contribution in [0.25, 0.3) is 5.52 Å². The summed E-state index contributed by atoms with van der Waals surface area (Å²) in [5.41, 5.74) is 1.23. The minimum atomic E-state index is -0.908. The monoisotopic (exact) mass is 317 g/mol. The second kappa shape index (κ2) is 6.78. The fourth-order valence-electron chi connectivity index (χ4n) is 2.92. The molecule has 1 amide bonds. The zero-order valence-corrected chi connectivity index (χ0v) is 12.7. The van der Waals surface area contributed by atoms with Gasteiger partial charge in [0.1, 0.15) is 0 Å². The van der Waals surface area contributed by atoms with Crippen molar-refractivity contribution in [1.82, 2.24) is 14.5 Å². The average Bonchev–Trinajstić information content (AvgIpc) is 2.99. The van der Waals surface area contributed by atoms with E-state index < -0.39 is 5.97 Å². The molecule has 1 aliphatic heterocycles. The van der Waals surface area contributed by atoms with Gasteiger partial charge in [0.05, 0.1) is 23.7 Å². The minimum Gasteiger partial charge on any atom is -0.481 e. The van der Waals surface area contributed by atoms with Gasteiger partial charge in [0.25, 0.3) is 5.91 Å². The normalized spacial score (nSPS) is 15.7. The number of aliphatic carboxylic acids is 1. The molecule has 3 heterocycles. The van der Waals surface area contributed by atoms with Crippen molar-refractivity contribution in [1.29, 1.82) is 0 Å². The van der Waals surface area contributed by atoms with Crippen LogP contribution >= 0.6 is 0 Å². The number of fused-ring (bicyclic) bond motifs is 1. The van der Waals surface area contributed by atoms with Gasteiger partial charge in [-0.3, -0.25) is 9.59 Å². The SMILES string of the molecule is O=C(O)CCN(C(=O)c1cnn2ccccc12)C1CCOCC1. The third-order valence-electron chi connectivity index (χ3n) is 4.12. The maximum atomic E-state index is 13.0. The van der Waals surface area contributed by atoms with Gasteiger partial charge in [0, 0.05) is 32.0 Å². The van der Waals surface area contributed by atoms with E-state index in [4.69, 9.17) is 9.84 Å². The van der Waals surface area contributed by atoms with E-state index in [1.165, 1.54) is 0 Å². The lowest BCUT2D eigenvalue weighted by molar-refractivity contribution is -0.137. The van der Waals surface area contributed by atoms with Crippen LogP contribution in [0.2, 0.25) is 0 Å². The first kappa shape index (κ1) is 15.5. The number of hydrogen-bond donors (Lipinski definition) is 1. The predicted molar refractivity (Wildman–Crippen MR) is 82.3 cm³/mol. The Bertz CT molecular complexity index is 706. The summed E-state index contributed by atoms with van der Waals surface area (Å²) in [7, 11) is 0. The Morgan fingerprint density at radius 2 is 2.13 bits per heavy atom. The molecule has 7 heteroatoms. The van der Waals surface area contributed by atoms with Crippen molar-refractivity contribution in [2.45, 2.75) is 25.3 Å². The van der Waals surface area contributed by atoms with Crippen LogP contribution in [0.15, 0.2) is 30.6 Å². The van der Waals surface area contributed by atoms with E-state index in [1.54, 1.807) is 21.8 Å². The third kappa shape index (κ3) is 3.34. The molecule has 3 rings (SSSR count). The van der Waals surface area contributed by atoms with Crippen molar-refractivity contribution in [2.75, 3.05) is 19.8 Å². The number of carboxylic acids is 1. The van der Waals surface area contributed by atoms with Gasteiger partial charge >= 0.3 is 5.97 Å². The lowest BCUT2D eigenvalue weighted by atomic mass is 10.1. The third-order valence-corrected chi connectivity index (χ3v) is 4.12. The minimum absolute atomic E-state index is 0.00858. The summed E-state index contributed by atoms with van der Waals surface area (Å²) in [4.78, 5) is 25.6. The molecule has 23 heavy (non-hydrogen) atoms. The molecule has 1 saturated heterocycles. The fourth-order valence-corrected chi connectivity index (χ4v) is 2.92. The molecule has 0 atom stereocenters. The maximum absolute atomic E-state index is 13.0. The van der Waals surface area contributed by atoms with Gasteiger partial charge in [-0.15, -0.1) is 0 Å². The molecule has 2 aromatic heterocycles. The van der Waals surface area contributed by atoms with E-state index in [0.29, 0.717) is 18.8 Å². The van der Waals surface area contributed by atoms with Gasteiger partial charge in [-0.2, -0.15) is 5.10 Å². The molecule has 0 radical (unpaired) electrons. The Hall–Kier alpha value is -2.41. The van der Waals surface area contributed by atoms with Gasteiger partial charge in [-0.1, -0.05) is 6.07 Å². The van der Waals surface area contributed by atoms with Gasteiger partial charge in [0.2, 0.25) is 0 Å². The smallest absolute Gasteiger partial charge is 0.305 e. The molecule has 0 bridgehead atoms. The topological polar surface area (TPSA) is 84.1 Å². The van der Waals surface area contributed by atoms with E-state index in [0.717, 1.165) is 18.4 Å². The summed E-state index contributed by atoms with van der Waals surface area (Å²) in [6.07, 6.45) is 4.71. The summed E-state index contributed by atoms with van der Waals surface area (Å²) < 4.78 is 6.99. The number of carbonyl (C=O) groups excluding carboxylic acids is 1. The number of amides is 1. The van der Waals surface area contributed by atoms with Crippen LogP contribution in [0.5, 0.6) is 0 Å². The highest BCUT2D eigenvalue weighted by Crippen LogP contribution is 2.20. The highest BCUT2D eigenvalue weighted by atomic mass is 16.5. The molecule has 1 fully saturated rings. The van der Waals surface area contributed by atoms with Crippen LogP contribution in [0.4, 0.5) is 0 Å². The standard InChI is InChI=1S/C16H19N3O4/c20-15(21)4-8-18(12-5-9-23-10-6-12)16(22)13-11-17-19-7-2-1-3-14(13)19/h1-3,7,11-12H,4-6,8-10H2,(H,20,21). The van der Waals surface area contributed by atoms with Crippen LogP contribution in [-0.2, 0) is 9.53 Å². The summed E-state index contributed by atoms with van der Waals surface area (Å²) in [6, 6.07) is 5.53. The second-order valence-electron chi connectivity index (χ2n) is 5.57. The zero-order chi connectivity index (χ0) is 16.2. The van der Waals surface area contributed by atoms with Crippen LogP contribution in [0.3, 0.4) is 0 Å². The molecule has 1 aliphatic rings. The first-order chi connectivity index (χ1) is 11.2. The van der Waals surface area contributed by atoms with Crippen LogP contribution < -0.4 is 0 Å². The molecule has 0 aromatic carbocycles. The Kier molecular flexibility index (Phi) is 4.57. The summed E-state index contributed by atoms with van der Waals surface area (Å²) in [5, 5.41) is 13.2. The van der Waals surface area contributed by atoms with Crippen molar-refractivity contribution in [3.63, 3.8) is 0 Å². The van der Waals surface area contributed by atoms with E-state index in [2.05, 4.69) is 5.10 Å². The number of ether oxygens (including phenoxy) is 1. The fraction of sp³-hybridized carbons (Fsp3) is 0.438. The first-order valence-electron chi connectivity index (χ1n) is 7.69. The van der Waals surface area contributed by atoms with Crippen molar-refractivity contribution in [3.05, 3.63) is 36.2 Å². The van der Waals surface area contributed by atoms with Gasteiger partial charge < -0.3 is 14.7 Å². The number of rotatable bonds is 5. The Morgan fingerprint density at radius 1 is 1.35 bits per heavy atom. The van der Waals surface area contributed by atoms with E-state index in [1.807, 2.05) is 18.2 Å². The van der Waals surface area contributed by atoms with Crippen molar-refractivity contribution < 1.29 is 19.4 Å².